The van der Waals surface area contributed by atoms with E-state index in [-0.39, 0.29) is 38.6 Å². The molecule has 2 atom stereocenters. The van der Waals surface area contributed by atoms with Crippen LogP contribution in [0.15, 0.2) is 72.9 Å². The van der Waals surface area contributed by atoms with E-state index in [0.29, 0.717) is 17.4 Å². The molecular formula is C45H75NO8. The van der Waals surface area contributed by atoms with Gasteiger partial charge in [0.25, 0.3) is 0 Å². The molecule has 9 nitrogen and oxygen atoms in total. The molecule has 0 saturated carbocycles. The van der Waals surface area contributed by atoms with Gasteiger partial charge in [0.15, 0.2) is 12.4 Å². The number of hydrogen-bond donors (Lipinski definition) is 0. The highest BCUT2D eigenvalue weighted by Gasteiger charge is 2.21. The Bertz CT molecular complexity index is 1120. The maximum atomic E-state index is 12.7. The number of allylic oxidation sites excluding steroid dienone is 12. The summed E-state index contributed by atoms with van der Waals surface area (Å²) in [5.41, 5.74) is 0. The summed E-state index contributed by atoms with van der Waals surface area (Å²) in [7, 11) is 5.87. The predicted molar refractivity (Wildman–Crippen MR) is 218 cm³/mol. The van der Waals surface area contributed by atoms with Gasteiger partial charge >= 0.3 is 11.9 Å². The molecule has 0 aliphatic rings. The van der Waals surface area contributed by atoms with Crippen molar-refractivity contribution in [2.75, 3.05) is 47.5 Å². The molecule has 0 amide bonds. The van der Waals surface area contributed by atoms with E-state index in [1.54, 1.807) is 0 Å². The Balaban J connectivity index is 4.63. The van der Waals surface area contributed by atoms with Crippen molar-refractivity contribution in [1.82, 2.24) is 0 Å². The first-order valence-electron chi connectivity index (χ1n) is 20.6. The van der Waals surface area contributed by atoms with Crippen LogP contribution >= 0.6 is 0 Å². The number of unbranched alkanes of at least 4 members (excludes halogenated alkanes) is 9. The van der Waals surface area contributed by atoms with Gasteiger partial charge in [-0.3, -0.25) is 9.59 Å². The van der Waals surface area contributed by atoms with Gasteiger partial charge in [-0.15, -0.1) is 0 Å². The number of carbonyl (C=O) groups is 3. The number of esters is 2. The quantitative estimate of drug-likeness (QED) is 0.0205. The number of aliphatic carboxylic acids is 1. The highest BCUT2D eigenvalue weighted by atomic mass is 16.7. The second-order valence-corrected chi connectivity index (χ2v) is 14.5. The maximum Gasteiger partial charge on any atom is 0.306 e. The first kappa shape index (κ1) is 50.7. The summed E-state index contributed by atoms with van der Waals surface area (Å²) in [6.07, 6.45) is 41.0. The average molecular weight is 758 g/mol. The molecule has 0 saturated heterocycles. The van der Waals surface area contributed by atoms with Crippen LogP contribution in [0.25, 0.3) is 0 Å². The molecule has 0 aliphatic heterocycles. The van der Waals surface area contributed by atoms with Gasteiger partial charge in [-0.05, 0) is 51.4 Å². The van der Waals surface area contributed by atoms with Crippen molar-refractivity contribution in [3.8, 4) is 0 Å². The van der Waals surface area contributed by atoms with Crippen molar-refractivity contribution in [3.63, 3.8) is 0 Å². The predicted octanol–water partition coefficient (Wildman–Crippen LogP) is 9.05. The van der Waals surface area contributed by atoms with E-state index in [0.717, 1.165) is 57.8 Å². The average Bonchev–Trinajstić information content (AvgIpc) is 3.12. The highest BCUT2D eigenvalue weighted by Crippen LogP contribution is 2.12. The smallest absolute Gasteiger partial charge is 0.306 e. The van der Waals surface area contributed by atoms with Crippen LogP contribution in [0.5, 0.6) is 0 Å². The summed E-state index contributed by atoms with van der Waals surface area (Å²) in [6.45, 7) is 4.49. The zero-order valence-electron chi connectivity index (χ0n) is 34.6. The fourth-order valence-electron chi connectivity index (χ4n) is 5.03. The normalized spacial score (nSPS) is 13.7. The molecule has 0 rings (SSSR count). The first-order valence-corrected chi connectivity index (χ1v) is 20.6. The standard InChI is InChI=1S/C45H75NO8/c1-6-8-10-12-14-16-18-19-20-21-22-23-24-25-26-28-30-32-34-36-43(48)54-41(40-53-45(44(49)50)51-38-37-46(3,4)5)39-52-42(47)35-33-31-29-27-17-15-13-11-9-7-2/h8,10,14,16,19-20,22-23,25-26,30,32,41,45H,6-7,9,11-13,15,17-18,21,24,27-29,31,33-40H2,1-5H3/b10-8-,16-14-,20-19-,23-22-,26-25-,32-30-. The van der Waals surface area contributed by atoms with E-state index in [1.807, 2.05) is 33.3 Å². The van der Waals surface area contributed by atoms with E-state index in [4.69, 9.17) is 18.9 Å². The first-order chi connectivity index (χ1) is 26.1. The Morgan fingerprint density at radius 2 is 1.06 bits per heavy atom. The van der Waals surface area contributed by atoms with Crippen LogP contribution < -0.4 is 5.11 Å². The maximum absolute atomic E-state index is 12.7. The van der Waals surface area contributed by atoms with Gasteiger partial charge in [-0.2, -0.15) is 0 Å². The summed E-state index contributed by atoms with van der Waals surface area (Å²) in [4.78, 5) is 36.8. The molecule has 0 radical (unpaired) electrons. The molecule has 308 valence electrons. The lowest BCUT2D eigenvalue weighted by Crippen LogP contribution is -2.44. The van der Waals surface area contributed by atoms with Gasteiger partial charge in [0.2, 0.25) is 0 Å². The van der Waals surface area contributed by atoms with Crippen LogP contribution in [-0.4, -0.2) is 82.3 Å². The van der Waals surface area contributed by atoms with Gasteiger partial charge in [-0.25, -0.2) is 0 Å². The number of carboxylic acid groups (broad SMARTS) is 1. The van der Waals surface area contributed by atoms with Crippen LogP contribution in [0.4, 0.5) is 0 Å². The fourth-order valence-corrected chi connectivity index (χ4v) is 5.03. The number of rotatable bonds is 36. The Hall–Kier alpha value is -3.27. The zero-order valence-corrected chi connectivity index (χ0v) is 34.6. The molecule has 0 aromatic rings. The molecule has 0 aromatic heterocycles. The van der Waals surface area contributed by atoms with Crippen molar-refractivity contribution >= 4 is 17.9 Å². The summed E-state index contributed by atoms with van der Waals surface area (Å²) in [5, 5.41) is 11.6. The Labute approximate surface area is 328 Å². The number of ether oxygens (including phenoxy) is 4. The lowest BCUT2D eigenvalue weighted by Gasteiger charge is -2.26. The Morgan fingerprint density at radius 1 is 0.574 bits per heavy atom. The zero-order chi connectivity index (χ0) is 40.0. The summed E-state index contributed by atoms with van der Waals surface area (Å²) in [5.74, 6) is -2.41. The third kappa shape index (κ3) is 37.1. The van der Waals surface area contributed by atoms with E-state index < -0.39 is 24.3 Å². The summed E-state index contributed by atoms with van der Waals surface area (Å²) < 4.78 is 22.4. The van der Waals surface area contributed by atoms with Crippen molar-refractivity contribution in [1.29, 1.82) is 0 Å². The molecule has 54 heavy (non-hydrogen) atoms. The molecule has 9 heteroatoms. The molecule has 2 unspecified atom stereocenters. The molecule has 0 bridgehead atoms. The van der Waals surface area contributed by atoms with Crippen LogP contribution in [-0.2, 0) is 33.3 Å². The molecule has 0 fully saturated rings. The Kier molecular flexibility index (Phi) is 34.5. The van der Waals surface area contributed by atoms with Crippen molar-refractivity contribution in [2.45, 2.75) is 148 Å². The SMILES string of the molecule is CC/C=C\C/C=C\C/C=C\C/C=C\C/C=C\C/C=C\CCC(=O)OC(COC(=O)CCCCCCCCCCCC)COC(OCC[N+](C)(C)C)C(=O)[O-]. The van der Waals surface area contributed by atoms with Crippen LogP contribution in [0, 0.1) is 0 Å². The van der Waals surface area contributed by atoms with E-state index >= 15 is 0 Å². The van der Waals surface area contributed by atoms with Gasteiger partial charge in [0, 0.05) is 12.8 Å². The fraction of sp³-hybridized carbons (Fsp3) is 0.667. The number of carbonyl (C=O) groups excluding carboxylic acids is 3. The highest BCUT2D eigenvalue weighted by molar-refractivity contribution is 5.70. The summed E-state index contributed by atoms with van der Waals surface area (Å²) >= 11 is 0. The third-order valence-corrected chi connectivity index (χ3v) is 8.23. The van der Waals surface area contributed by atoms with Crippen molar-refractivity contribution in [2.24, 2.45) is 0 Å². The molecule has 0 aromatic carbocycles. The molecule has 0 spiro atoms. The molecule has 0 aliphatic carbocycles. The largest absolute Gasteiger partial charge is 0.545 e. The van der Waals surface area contributed by atoms with Crippen molar-refractivity contribution < 1.29 is 42.9 Å². The van der Waals surface area contributed by atoms with E-state index in [9.17, 15) is 19.5 Å². The second kappa shape index (κ2) is 36.7. The van der Waals surface area contributed by atoms with Gasteiger partial charge in [0.05, 0.1) is 40.3 Å². The second-order valence-electron chi connectivity index (χ2n) is 14.5. The van der Waals surface area contributed by atoms with Gasteiger partial charge < -0.3 is 33.3 Å². The number of hydrogen-bond acceptors (Lipinski definition) is 8. The van der Waals surface area contributed by atoms with Crippen molar-refractivity contribution in [3.05, 3.63) is 72.9 Å². The molecular weight excluding hydrogens is 682 g/mol. The lowest BCUT2D eigenvalue weighted by atomic mass is 10.1. The molecule has 0 N–H and O–H groups in total. The lowest BCUT2D eigenvalue weighted by molar-refractivity contribution is -0.870. The summed E-state index contributed by atoms with van der Waals surface area (Å²) in [6, 6.07) is 0. The molecule has 0 heterocycles. The van der Waals surface area contributed by atoms with Gasteiger partial charge in [0.1, 0.15) is 13.2 Å². The number of likely N-dealkylation sites (N-methyl/N-ethyl adjacent to an activating group) is 1. The number of nitrogens with zero attached hydrogens (tertiary/aromatic N) is 1. The number of carboxylic acids is 1. The third-order valence-electron chi connectivity index (χ3n) is 8.23. The monoisotopic (exact) mass is 758 g/mol. The van der Waals surface area contributed by atoms with E-state index in [1.165, 1.54) is 44.9 Å². The van der Waals surface area contributed by atoms with Crippen LogP contribution in [0.3, 0.4) is 0 Å². The van der Waals surface area contributed by atoms with E-state index in [2.05, 4.69) is 74.6 Å². The van der Waals surface area contributed by atoms with Crippen LogP contribution in [0.2, 0.25) is 0 Å². The minimum atomic E-state index is -1.64. The topological polar surface area (TPSA) is 111 Å². The Morgan fingerprint density at radius 3 is 1.54 bits per heavy atom. The minimum absolute atomic E-state index is 0.120. The van der Waals surface area contributed by atoms with Gasteiger partial charge in [-0.1, -0.05) is 145 Å². The minimum Gasteiger partial charge on any atom is -0.545 e. The van der Waals surface area contributed by atoms with Crippen LogP contribution in [0.1, 0.15) is 136 Å². The number of quaternary nitrogens is 1.